The topological polar surface area (TPSA) is 75.7 Å². The normalized spacial score (nSPS) is 12.3. The molecule has 2 aromatic rings. The molecule has 0 aliphatic heterocycles. The van der Waals surface area contributed by atoms with Crippen LogP contribution in [0.2, 0.25) is 5.02 Å². The minimum Gasteiger partial charge on any atom is -0.497 e. The Morgan fingerprint density at radius 2 is 1.84 bits per heavy atom. The molecule has 0 radical (unpaired) electrons. The van der Waals surface area contributed by atoms with Gasteiger partial charge in [0.1, 0.15) is 11.8 Å². The molecule has 1 unspecified atom stereocenters. The van der Waals surface area contributed by atoms with Crippen LogP contribution in [0, 0.1) is 0 Å². The minimum atomic E-state index is -3.69. The molecule has 1 amide bonds. The number of benzene rings is 2. The summed E-state index contributed by atoms with van der Waals surface area (Å²) in [5.41, 5.74) is 0.876. The lowest BCUT2D eigenvalue weighted by Crippen LogP contribution is -2.45. The van der Waals surface area contributed by atoms with Crippen molar-refractivity contribution >= 4 is 38.9 Å². The second kappa shape index (κ2) is 7.76. The number of nitrogens with zero attached hydrogens (tertiary/aromatic N) is 1. The van der Waals surface area contributed by atoms with Crippen LogP contribution >= 0.6 is 11.6 Å². The second-order valence-electron chi connectivity index (χ2n) is 5.43. The van der Waals surface area contributed by atoms with Crippen molar-refractivity contribution < 1.29 is 17.9 Å². The van der Waals surface area contributed by atoms with Gasteiger partial charge in [-0.3, -0.25) is 9.10 Å². The molecule has 1 N–H and O–H groups in total. The fraction of sp³-hybridized carbons (Fsp3) is 0.235. The Balaban J connectivity index is 2.30. The standard InChI is InChI=1S/C17H19ClN2O4S/c1-12(17(21)19-14-9-7-13(18)8-10-14)20(25(3,22)23)15-5-4-6-16(11-15)24-2/h4-12H,1-3H3,(H,19,21). The van der Waals surface area contributed by atoms with E-state index in [1.165, 1.54) is 14.0 Å². The van der Waals surface area contributed by atoms with E-state index in [0.717, 1.165) is 10.6 Å². The van der Waals surface area contributed by atoms with Gasteiger partial charge in [0.05, 0.1) is 19.1 Å². The lowest BCUT2D eigenvalue weighted by molar-refractivity contribution is -0.116. The molecule has 0 bridgehead atoms. The Morgan fingerprint density at radius 1 is 1.20 bits per heavy atom. The van der Waals surface area contributed by atoms with Gasteiger partial charge in [0, 0.05) is 16.8 Å². The van der Waals surface area contributed by atoms with Crippen molar-refractivity contribution in [3.05, 3.63) is 53.6 Å². The Labute approximate surface area is 152 Å². The summed E-state index contributed by atoms with van der Waals surface area (Å²) in [7, 11) is -2.20. The highest BCUT2D eigenvalue weighted by Crippen LogP contribution is 2.25. The van der Waals surface area contributed by atoms with E-state index in [1.807, 2.05) is 0 Å². The summed E-state index contributed by atoms with van der Waals surface area (Å²) >= 11 is 5.82. The maximum atomic E-state index is 12.5. The molecule has 25 heavy (non-hydrogen) atoms. The van der Waals surface area contributed by atoms with Crippen LogP contribution in [0.25, 0.3) is 0 Å². The zero-order chi connectivity index (χ0) is 18.6. The van der Waals surface area contributed by atoms with Crippen molar-refractivity contribution in [2.24, 2.45) is 0 Å². The molecule has 0 spiro atoms. The highest BCUT2D eigenvalue weighted by atomic mass is 35.5. The number of sulfonamides is 1. The van der Waals surface area contributed by atoms with Crippen LogP contribution in [0.3, 0.4) is 0 Å². The summed E-state index contributed by atoms with van der Waals surface area (Å²) in [5.74, 6) is 0.0343. The van der Waals surface area contributed by atoms with Gasteiger partial charge in [0.15, 0.2) is 0 Å². The quantitative estimate of drug-likeness (QED) is 0.832. The average molecular weight is 383 g/mol. The molecular weight excluding hydrogens is 364 g/mol. The zero-order valence-electron chi connectivity index (χ0n) is 14.1. The van der Waals surface area contributed by atoms with Crippen LogP contribution in [0.4, 0.5) is 11.4 Å². The highest BCUT2D eigenvalue weighted by molar-refractivity contribution is 7.92. The molecule has 0 aliphatic rings. The second-order valence-corrected chi connectivity index (χ2v) is 7.73. The van der Waals surface area contributed by atoms with E-state index in [4.69, 9.17) is 16.3 Å². The Morgan fingerprint density at radius 3 is 2.40 bits per heavy atom. The van der Waals surface area contributed by atoms with Crippen LogP contribution in [0.5, 0.6) is 5.75 Å². The lowest BCUT2D eigenvalue weighted by atomic mass is 10.2. The van der Waals surface area contributed by atoms with E-state index in [1.54, 1.807) is 48.5 Å². The summed E-state index contributed by atoms with van der Waals surface area (Å²) in [5, 5.41) is 3.23. The molecule has 0 heterocycles. The number of carbonyl (C=O) groups is 1. The number of methoxy groups -OCH3 is 1. The third-order valence-electron chi connectivity index (χ3n) is 3.51. The Hall–Kier alpha value is -2.25. The number of ether oxygens (including phenoxy) is 1. The molecular formula is C17H19ClN2O4S. The number of carbonyl (C=O) groups excluding carboxylic acids is 1. The number of hydrogen-bond acceptors (Lipinski definition) is 4. The van der Waals surface area contributed by atoms with Crippen molar-refractivity contribution in [1.29, 1.82) is 0 Å². The van der Waals surface area contributed by atoms with Crippen molar-refractivity contribution in [2.75, 3.05) is 23.0 Å². The number of hydrogen-bond donors (Lipinski definition) is 1. The smallest absolute Gasteiger partial charge is 0.247 e. The van der Waals surface area contributed by atoms with E-state index in [-0.39, 0.29) is 0 Å². The number of halogens is 1. The van der Waals surface area contributed by atoms with Gasteiger partial charge >= 0.3 is 0 Å². The molecule has 6 nitrogen and oxygen atoms in total. The molecule has 1 atom stereocenters. The first-order valence-electron chi connectivity index (χ1n) is 7.42. The molecule has 0 aliphatic carbocycles. The van der Waals surface area contributed by atoms with Gasteiger partial charge in [-0.2, -0.15) is 0 Å². The van der Waals surface area contributed by atoms with Gasteiger partial charge in [-0.15, -0.1) is 0 Å². The van der Waals surface area contributed by atoms with Gasteiger partial charge in [-0.25, -0.2) is 8.42 Å². The number of nitrogens with one attached hydrogen (secondary N) is 1. The van der Waals surface area contributed by atoms with E-state index < -0.39 is 22.0 Å². The number of rotatable bonds is 6. The molecule has 0 aromatic heterocycles. The fourth-order valence-electron chi connectivity index (χ4n) is 2.34. The van der Waals surface area contributed by atoms with Crippen molar-refractivity contribution in [1.82, 2.24) is 0 Å². The number of amides is 1. The fourth-order valence-corrected chi connectivity index (χ4v) is 3.63. The summed E-state index contributed by atoms with van der Waals surface area (Å²) in [4.78, 5) is 12.5. The SMILES string of the molecule is COc1cccc(N(C(C)C(=O)Nc2ccc(Cl)cc2)S(C)(=O)=O)c1. The maximum Gasteiger partial charge on any atom is 0.247 e. The summed E-state index contributed by atoms with van der Waals surface area (Å²) in [6.45, 7) is 1.52. The summed E-state index contributed by atoms with van der Waals surface area (Å²) in [6.07, 6.45) is 1.05. The summed E-state index contributed by atoms with van der Waals surface area (Å²) in [6, 6.07) is 12.1. The van der Waals surface area contributed by atoms with Gasteiger partial charge in [0.2, 0.25) is 15.9 Å². The minimum absolute atomic E-state index is 0.348. The van der Waals surface area contributed by atoms with Crippen molar-refractivity contribution in [2.45, 2.75) is 13.0 Å². The monoisotopic (exact) mass is 382 g/mol. The zero-order valence-corrected chi connectivity index (χ0v) is 15.6. The van der Waals surface area contributed by atoms with Crippen LogP contribution in [-0.4, -0.2) is 33.7 Å². The third kappa shape index (κ3) is 4.87. The van der Waals surface area contributed by atoms with Crippen molar-refractivity contribution in [3.8, 4) is 5.75 Å². The molecule has 0 saturated heterocycles. The van der Waals surface area contributed by atoms with Gasteiger partial charge in [-0.1, -0.05) is 17.7 Å². The van der Waals surface area contributed by atoms with Gasteiger partial charge in [0.25, 0.3) is 0 Å². The third-order valence-corrected chi connectivity index (χ3v) is 5.00. The van der Waals surface area contributed by atoms with Crippen LogP contribution in [0.15, 0.2) is 48.5 Å². The Bertz CT molecular complexity index is 853. The molecule has 0 fully saturated rings. The van der Waals surface area contributed by atoms with Crippen LogP contribution in [-0.2, 0) is 14.8 Å². The molecule has 2 aromatic carbocycles. The molecule has 8 heteroatoms. The lowest BCUT2D eigenvalue weighted by Gasteiger charge is -2.28. The van der Waals surface area contributed by atoms with E-state index >= 15 is 0 Å². The average Bonchev–Trinajstić information content (AvgIpc) is 2.56. The predicted octanol–water partition coefficient (Wildman–Crippen LogP) is 3.14. The largest absolute Gasteiger partial charge is 0.497 e. The molecule has 134 valence electrons. The van der Waals surface area contributed by atoms with Gasteiger partial charge in [-0.05, 0) is 43.3 Å². The first-order valence-corrected chi connectivity index (χ1v) is 9.65. The highest BCUT2D eigenvalue weighted by Gasteiger charge is 2.29. The maximum absolute atomic E-state index is 12.5. The van der Waals surface area contributed by atoms with E-state index in [0.29, 0.717) is 22.1 Å². The molecule has 2 rings (SSSR count). The van der Waals surface area contributed by atoms with Crippen molar-refractivity contribution in [3.63, 3.8) is 0 Å². The summed E-state index contributed by atoms with van der Waals surface area (Å²) < 4.78 is 30.7. The van der Waals surface area contributed by atoms with E-state index in [2.05, 4.69) is 5.32 Å². The van der Waals surface area contributed by atoms with Gasteiger partial charge < -0.3 is 10.1 Å². The Kier molecular flexibility index (Phi) is 5.92. The van der Waals surface area contributed by atoms with E-state index in [9.17, 15) is 13.2 Å². The van der Waals surface area contributed by atoms with Crippen LogP contribution in [0.1, 0.15) is 6.92 Å². The number of anilines is 2. The first kappa shape index (κ1) is 19.1. The first-order chi connectivity index (χ1) is 11.7. The molecule has 0 saturated carbocycles. The predicted molar refractivity (Wildman–Crippen MR) is 99.9 cm³/mol. The van der Waals surface area contributed by atoms with Crippen LogP contribution < -0.4 is 14.4 Å².